The first kappa shape index (κ1) is 25.9. The second-order valence-corrected chi connectivity index (χ2v) is 9.18. The summed E-state index contributed by atoms with van der Waals surface area (Å²) in [6, 6.07) is 24.0. The van der Waals surface area contributed by atoms with Crippen LogP contribution in [0.5, 0.6) is 0 Å². The number of carboxylic acid groups (broad SMARTS) is 1. The Morgan fingerprint density at radius 1 is 0.892 bits per heavy atom. The van der Waals surface area contributed by atoms with Gasteiger partial charge in [0.25, 0.3) is 0 Å². The molecule has 0 amide bonds. The molecular weight excluding hydrogens is 468 g/mol. The lowest BCUT2D eigenvalue weighted by molar-refractivity contribution is -0.153. The van der Waals surface area contributed by atoms with Gasteiger partial charge in [0.05, 0.1) is 12.1 Å². The number of ether oxygens (including phenoxy) is 1. The highest BCUT2D eigenvalue weighted by Crippen LogP contribution is 2.36. The van der Waals surface area contributed by atoms with Crippen LogP contribution in [0.4, 0.5) is 5.69 Å². The van der Waals surface area contributed by atoms with Gasteiger partial charge < -0.3 is 20.5 Å². The minimum absolute atomic E-state index is 0.0402. The molecule has 1 unspecified atom stereocenters. The van der Waals surface area contributed by atoms with E-state index in [2.05, 4.69) is 17.2 Å². The lowest BCUT2D eigenvalue weighted by Gasteiger charge is -2.36. The Kier molecular flexibility index (Phi) is 8.48. The van der Waals surface area contributed by atoms with E-state index in [1.807, 2.05) is 60.7 Å². The zero-order valence-corrected chi connectivity index (χ0v) is 20.4. The number of carboxylic acids is 1. The molecule has 0 saturated heterocycles. The Bertz CT molecular complexity index is 1230. The van der Waals surface area contributed by atoms with Crippen LogP contribution in [0.3, 0.4) is 0 Å². The Labute approximate surface area is 216 Å². The van der Waals surface area contributed by atoms with Crippen molar-refractivity contribution >= 4 is 23.4 Å². The van der Waals surface area contributed by atoms with E-state index in [1.54, 1.807) is 0 Å². The number of rotatable bonds is 12. The number of Topliss-reactive ketones (excluding diaryl/α,β-unsaturated/α-hetero) is 1. The van der Waals surface area contributed by atoms with Crippen molar-refractivity contribution < 1.29 is 24.2 Å². The zero-order chi connectivity index (χ0) is 26.2. The van der Waals surface area contributed by atoms with E-state index in [4.69, 9.17) is 9.84 Å². The van der Waals surface area contributed by atoms with Crippen molar-refractivity contribution in [3.63, 3.8) is 0 Å². The summed E-state index contributed by atoms with van der Waals surface area (Å²) >= 11 is 0. The van der Waals surface area contributed by atoms with Crippen LogP contribution in [0.2, 0.25) is 0 Å². The summed E-state index contributed by atoms with van der Waals surface area (Å²) in [6.07, 6.45) is 1.11. The second kappa shape index (κ2) is 12.1. The van der Waals surface area contributed by atoms with Gasteiger partial charge in [0.2, 0.25) is 0 Å². The molecule has 190 valence electrons. The van der Waals surface area contributed by atoms with E-state index in [-0.39, 0.29) is 23.8 Å². The minimum atomic E-state index is -1.04. The van der Waals surface area contributed by atoms with Crippen molar-refractivity contribution in [2.24, 2.45) is 5.92 Å². The van der Waals surface area contributed by atoms with Crippen LogP contribution < -0.4 is 10.6 Å². The second-order valence-electron chi connectivity index (χ2n) is 9.18. The number of hydrogen-bond donors (Lipinski definition) is 3. The molecule has 7 nitrogen and oxygen atoms in total. The third-order valence-corrected chi connectivity index (χ3v) is 6.43. The molecule has 37 heavy (non-hydrogen) atoms. The number of esters is 1. The van der Waals surface area contributed by atoms with Crippen molar-refractivity contribution in [3.05, 3.63) is 114 Å². The number of allylic oxidation sites excluding steroid dienone is 1. The van der Waals surface area contributed by atoms with E-state index in [1.165, 1.54) is 24.3 Å². The Morgan fingerprint density at radius 3 is 2.08 bits per heavy atom. The van der Waals surface area contributed by atoms with Crippen molar-refractivity contribution in [1.29, 1.82) is 0 Å². The molecule has 4 rings (SSSR count). The van der Waals surface area contributed by atoms with Crippen LogP contribution in [0, 0.1) is 5.92 Å². The van der Waals surface area contributed by atoms with E-state index in [9.17, 15) is 14.4 Å². The number of nitrogens with one attached hydrogen (secondary N) is 2. The predicted molar refractivity (Wildman–Crippen MR) is 142 cm³/mol. The summed E-state index contributed by atoms with van der Waals surface area (Å²) in [5.74, 6) is -1.48. The molecular formula is C30H30N2O5. The van der Waals surface area contributed by atoms with Crippen LogP contribution in [-0.4, -0.2) is 42.0 Å². The largest absolute Gasteiger partial charge is 0.478 e. The van der Waals surface area contributed by atoms with Crippen molar-refractivity contribution in [2.75, 3.05) is 18.4 Å². The van der Waals surface area contributed by atoms with Gasteiger partial charge in [-0.15, -0.1) is 0 Å². The molecule has 1 fully saturated rings. The van der Waals surface area contributed by atoms with Crippen molar-refractivity contribution in [3.8, 4) is 0 Å². The maximum absolute atomic E-state index is 13.4. The van der Waals surface area contributed by atoms with E-state index >= 15 is 0 Å². The fraction of sp³-hybridized carbons (Fsp3) is 0.233. The molecule has 0 aliphatic heterocycles. The highest BCUT2D eigenvalue weighted by Gasteiger charge is 2.34. The average molecular weight is 499 g/mol. The van der Waals surface area contributed by atoms with Gasteiger partial charge in [-0.05, 0) is 42.7 Å². The van der Waals surface area contributed by atoms with Gasteiger partial charge in [0, 0.05) is 23.7 Å². The number of anilines is 1. The summed E-state index contributed by atoms with van der Waals surface area (Å²) in [7, 11) is 0. The number of aromatic carboxylic acids is 1. The van der Waals surface area contributed by atoms with Crippen LogP contribution >= 0.6 is 0 Å². The first-order valence-corrected chi connectivity index (χ1v) is 12.2. The smallest absolute Gasteiger partial charge is 0.335 e. The van der Waals surface area contributed by atoms with E-state index in [0.717, 1.165) is 29.7 Å². The number of ketones is 1. The van der Waals surface area contributed by atoms with Crippen LogP contribution in [0.1, 0.15) is 45.2 Å². The monoisotopic (exact) mass is 498 g/mol. The molecule has 0 aromatic heterocycles. The standard InChI is InChI=1S/C30H30N2O5/c1-20-16-24(17-20)27(19-31-18-26(33)21-12-14-23(15-13-21)29(34)35)37-30(36)28(22-8-4-2-5-9-22)32-25-10-6-3-7-11-25/h2-15,24,27-28,31-32H,1,16-19H2,(H,34,35)/t27-,28?/m0/s1. The molecule has 3 N–H and O–H groups in total. The number of benzene rings is 3. The molecule has 2 atom stereocenters. The molecule has 3 aromatic rings. The lowest BCUT2D eigenvalue weighted by atomic mass is 9.77. The fourth-order valence-corrected chi connectivity index (χ4v) is 4.32. The van der Waals surface area contributed by atoms with E-state index < -0.39 is 24.1 Å². The molecule has 3 aromatic carbocycles. The van der Waals surface area contributed by atoms with Crippen molar-refractivity contribution in [1.82, 2.24) is 5.32 Å². The van der Waals surface area contributed by atoms with Crippen LogP contribution in [0.15, 0.2) is 97.1 Å². The molecule has 1 saturated carbocycles. The Balaban J connectivity index is 1.41. The van der Waals surface area contributed by atoms with Gasteiger partial charge in [-0.1, -0.05) is 72.8 Å². The molecule has 7 heteroatoms. The van der Waals surface area contributed by atoms with Crippen LogP contribution in [-0.2, 0) is 9.53 Å². The SMILES string of the molecule is C=C1CC([C@H](CNCC(=O)c2ccc(C(=O)O)cc2)OC(=O)C(Nc2ccccc2)c2ccccc2)C1. The molecule has 0 spiro atoms. The summed E-state index contributed by atoms with van der Waals surface area (Å²) < 4.78 is 6.04. The normalized spacial score (nSPS) is 14.8. The molecule has 0 radical (unpaired) electrons. The summed E-state index contributed by atoms with van der Waals surface area (Å²) in [5, 5.41) is 15.4. The predicted octanol–water partition coefficient (Wildman–Crippen LogP) is 4.89. The Hall–Kier alpha value is -4.23. The Morgan fingerprint density at radius 2 is 1.49 bits per heavy atom. The van der Waals surface area contributed by atoms with Gasteiger partial charge in [-0.3, -0.25) is 4.79 Å². The molecule has 1 aliphatic rings. The fourth-order valence-electron chi connectivity index (χ4n) is 4.32. The third kappa shape index (κ3) is 6.92. The van der Waals surface area contributed by atoms with Gasteiger partial charge in [0.1, 0.15) is 6.10 Å². The number of carbonyl (C=O) groups is 3. The lowest BCUT2D eigenvalue weighted by Crippen LogP contribution is -2.43. The number of hydrogen-bond acceptors (Lipinski definition) is 6. The van der Waals surface area contributed by atoms with Crippen molar-refractivity contribution in [2.45, 2.75) is 25.0 Å². The molecule has 0 bridgehead atoms. The summed E-state index contributed by atoms with van der Waals surface area (Å²) in [4.78, 5) is 37.1. The summed E-state index contributed by atoms with van der Waals surface area (Å²) in [6.45, 7) is 4.36. The zero-order valence-electron chi connectivity index (χ0n) is 20.4. The number of para-hydroxylation sites is 1. The average Bonchev–Trinajstić information content (AvgIpc) is 2.90. The number of carbonyl (C=O) groups excluding carboxylic acids is 2. The first-order chi connectivity index (χ1) is 17.9. The topological polar surface area (TPSA) is 105 Å². The highest BCUT2D eigenvalue weighted by molar-refractivity contribution is 5.98. The van der Waals surface area contributed by atoms with Gasteiger partial charge in [-0.25, -0.2) is 9.59 Å². The quantitative estimate of drug-likeness (QED) is 0.186. The van der Waals surface area contributed by atoms with Gasteiger partial charge >= 0.3 is 11.9 Å². The maximum Gasteiger partial charge on any atom is 0.335 e. The van der Waals surface area contributed by atoms with Gasteiger partial charge in [-0.2, -0.15) is 0 Å². The minimum Gasteiger partial charge on any atom is -0.478 e. The maximum atomic E-state index is 13.4. The summed E-state index contributed by atoms with van der Waals surface area (Å²) in [5.41, 5.74) is 3.25. The van der Waals surface area contributed by atoms with Crippen LogP contribution in [0.25, 0.3) is 0 Å². The first-order valence-electron chi connectivity index (χ1n) is 12.2. The highest BCUT2D eigenvalue weighted by atomic mass is 16.5. The third-order valence-electron chi connectivity index (χ3n) is 6.43. The van der Waals surface area contributed by atoms with Gasteiger partial charge in [0.15, 0.2) is 11.8 Å². The molecule has 0 heterocycles. The molecule has 1 aliphatic carbocycles. The van der Waals surface area contributed by atoms with E-state index in [0.29, 0.717) is 12.1 Å².